The highest BCUT2D eigenvalue weighted by molar-refractivity contribution is 7.26. The van der Waals surface area contributed by atoms with Crippen LogP contribution in [-0.2, 0) is 0 Å². The maximum atomic E-state index is 2.45. The Morgan fingerprint density at radius 2 is 0.800 bits per heavy atom. The van der Waals surface area contributed by atoms with Crippen LogP contribution < -0.4 is 0 Å². The predicted molar refractivity (Wildman–Crippen MR) is 197 cm³/mol. The van der Waals surface area contributed by atoms with E-state index in [0.29, 0.717) is 0 Å². The average molecular weight is 608 g/mol. The Morgan fingerprint density at radius 3 is 1.47 bits per heavy atom. The van der Waals surface area contributed by atoms with Gasteiger partial charge in [-0.1, -0.05) is 97.1 Å². The molecule has 45 heavy (non-hydrogen) atoms. The van der Waals surface area contributed by atoms with E-state index in [-0.39, 0.29) is 0 Å². The van der Waals surface area contributed by atoms with Crippen LogP contribution in [0.4, 0.5) is 0 Å². The predicted octanol–water partition coefficient (Wildman–Crippen LogP) is 12.9. The minimum atomic E-state index is 1.20. The van der Waals surface area contributed by atoms with Gasteiger partial charge in [0.25, 0.3) is 0 Å². The lowest BCUT2D eigenvalue weighted by atomic mass is 9.99. The summed E-state index contributed by atoms with van der Waals surface area (Å²) in [4.78, 5) is 0. The van der Waals surface area contributed by atoms with E-state index in [4.69, 9.17) is 0 Å². The summed E-state index contributed by atoms with van der Waals surface area (Å²) in [5, 5.41) is 7.87. The largest absolute Gasteiger partial charge is 0.309 e. The lowest BCUT2D eigenvalue weighted by Gasteiger charge is -2.09. The Kier molecular flexibility index (Phi) is 5.39. The van der Waals surface area contributed by atoms with Crippen LogP contribution in [0, 0.1) is 0 Å². The van der Waals surface area contributed by atoms with Gasteiger partial charge >= 0.3 is 0 Å². The third-order valence-corrected chi connectivity index (χ3v) is 11.5. The van der Waals surface area contributed by atoms with Gasteiger partial charge in [-0.15, -0.1) is 22.7 Å². The van der Waals surface area contributed by atoms with Crippen LogP contribution in [0.5, 0.6) is 0 Å². The first kappa shape index (κ1) is 25.1. The molecule has 0 spiro atoms. The molecule has 0 atom stereocenters. The zero-order chi connectivity index (χ0) is 29.5. The number of benzene rings is 7. The smallest absolute Gasteiger partial charge is 0.0541 e. The van der Waals surface area contributed by atoms with Crippen LogP contribution in [0.2, 0.25) is 0 Å². The Labute approximate surface area is 267 Å². The summed E-state index contributed by atoms with van der Waals surface area (Å²) in [6, 6.07) is 56.0. The van der Waals surface area contributed by atoms with Crippen LogP contribution in [0.3, 0.4) is 0 Å². The summed E-state index contributed by atoms with van der Waals surface area (Å²) < 4.78 is 7.77. The van der Waals surface area contributed by atoms with Crippen molar-refractivity contribution in [3.63, 3.8) is 0 Å². The van der Waals surface area contributed by atoms with Gasteiger partial charge in [0, 0.05) is 56.8 Å². The first-order valence-electron chi connectivity index (χ1n) is 15.3. The molecule has 0 fully saturated rings. The first-order valence-corrected chi connectivity index (χ1v) is 16.9. The van der Waals surface area contributed by atoms with E-state index in [9.17, 15) is 0 Å². The number of nitrogens with zero attached hydrogens (tertiary/aromatic N) is 1. The number of hydrogen-bond acceptors (Lipinski definition) is 2. The summed E-state index contributed by atoms with van der Waals surface area (Å²) in [6.45, 7) is 0. The number of aromatic nitrogens is 1. The quantitative estimate of drug-likeness (QED) is 0.188. The summed E-state index contributed by atoms with van der Waals surface area (Å²) in [7, 11) is 0. The minimum Gasteiger partial charge on any atom is -0.309 e. The Bertz CT molecular complexity index is 2760. The summed E-state index contributed by atoms with van der Waals surface area (Å²) in [6.07, 6.45) is 0. The second-order valence-corrected chi connectivity index (χ2v) is 13.9. The molecule has 1 nitrogen and oxygen atoms in total. The van der Waals surface area contributed by atoms with Gasteiger partial charge in [-0.2, -0.15) is 0 Å². The lowest BCUT2D eigenvalue weighted by Crippen LogP contribution is -1.93. The molecule has 0 saturated carbocycles. The highest BCUT2D eigenvalue weighted by Crippen LogP contribution is 2.41. The van der Waals surface area contributed by atoms with Crippen LogP contribution in [0.1, 0.15) is 0 Å². The lowest BCUT2D eigenvalue weighted by molar-refractivity contribution is 1.19. The van der Waals surface area contributed by atoms with Gasteiger partial charge in [0.05, 0.1) is 11.0 Å². The van der Waals surface area contributed by atoms with Crippen LogP contribution in [0.25, 0.3) is 90.1 Å². The maximum absolute atomic E-state index is 2.45. The van der Waals surface area contributed by atoms with Crippen molar-refractivity contribution >= 4 is 84.8 Å². The SMILES string of the molecule is c1ccc(-c2ccc3c(c2)c2cc(-c4ccc5c(c4)sc4ccccc45)ccc2n3-c2ccc3c(c2)sc2ccccc23)cc1. The topological polar surface area (TPSA) is 4.93 Å². The standard InChI is InChI=1S/C42H25NS2/c1-2-8-26(9-3-1)27-15-20-37-35(22-27)36-23-28(29-14-18-33-31-10-4-6-12-39(31)44-41(33)24-29)16-21-38(36)43(37)30-17-19-34-32-11-5-7-13-40(32)45-42(34)25-30/h1-25H. The summed E-state index contributed by atoms with van der Waals surface area (Å²) >= 11 is 3.75. The molecule has 10 rings (SSSR count). The van der Waals surface area contributed by atoms with E-state index in [1.807, 2.05) is 22.7 Å². The van der Waals surface area contributed by atoms with Crippen molar-refractivity contribution in [1.82, 2.24) is 4.57 Å². The van der Waals surface area contributed by atoms with Crippen molar-refractivity contribution in [2.45, 2.75) is 0 Å². The highest BCUT2D eigenvalue weighted by Gasteiger charge is 2.16. The number of fused-ring (bicyclic) bond motifs is 9. The van der Waals surface area contributed by atoms with Crippen LogP contribution in [0.15, 0.2) is 152 Å². The number of hydrogen-bond donors (Lipinski definition) is 0. The van der Waals surface area contributed by atoms with Gasteiger partial charge < -0.3 is 4.57 Å². The second-order valence-electron chi connectivity index (χ2n) is 11.8. The van der Waals surface area contributed by atoms with Crippen molar-refractivity contribution in [1.29, 1.82) is 0 Å². The molecule has 3 aromatic heterocycles. The molecule has 0 aliphatic heterocycles. The molecule has 0 saturated heterocycles. The van der Waals surface area contributed by atoms with Crippen LogP contribution in [-0.4, -0.2) is 4.57 Å². The normalized spacial score (nSPS) is 12.0. The molecule has 3 heterocycles. The van der Waals surface area contributed by atoms with Crippen molar-refractivity contribution in [3.8, 4) is 27.9 Å². The summed E-state index contributed by atoms with van der Waals surface area (Å²) in [5.41, 5.74) is 8.61. The molecule has 0 unspecified atom stereocenters. The van der Waals surface area contributed by atoms with Crippen LogP contribution >= 0.6 is 22.7 Å². The molecule has 10 aromatic rings. The van der Waals surface area contributed by atoms with E-state index in [0.717, 1.165) is 0 Å². The molecule has 0 N–H and O–H groups in total. The fraction of sp³-hybridized carbons (Fsp3) is 0. The zero-order valence-electron chi connectivity index (χ0n) is 24.2. The van der Waals surface area contributed by atoms with E-state index in [1.54, 1.807) is 0 Å². The van der Waals surface area contributed by atoms with E-state index < -0.39 is 0 Å². The zero-order valence-corrected chi connectivity index (χ0v) is 25.8. The van der Waals surface area contributed by atoms with Gasteiger partial charge in [-0.05, 0) is 76.9 Å². The molecule has 0 radical (unpaired) electrons. The third-order valence-electron chi connectivity index (χ3n) is 9.20. The fourth-order valence-corrected chi connectivity index (χ4v) is 9.33. The first-order chi connectivity index (χ1) is 22.3. The maximum Gasteiger partial charge on any atom is 0.0541 e. The molecule has 7 aromatic carbocycles. The molecule has 0 aliphatic carbocycles. The Balaban J connectivity index is 1.21. The van der Waals surface area contributed by atoms with Gasteiger partial charge in [-0.3, -0.25) is 0 Å². The van der Waals surface area contributed by atoms with E-state index in [2.05, 4.69) is 156 Å². The summed E-state index contributed by atoms with van der Waals surface area (Å²) in [5.74, 6) is 0. The molecule has 3 heteroatoms. The minimum absolute atomic E-state index is 1.20. The van der Waals surface area contributed by atoms with Crippen molar-refractivity contribution < 1.29 is 0 Å². The van der Waals surface area contributed by atoms with Gasteiger partial charge in [0.15, 0.2) is 0 Å². The highest BCUT2D eigenvalue weighted by atomic mass is 32.1. The average Bonchev–Trinajstić information content (AvgIpc) is 3.76. The van der Waals surface area contributed by atoms with Gasteiger partial charge in [0.1, 0.15) is 0 Å². The van der Waals surface area contributed by atoms with E-state index >= 15 is 0 Å². The second kappa shape index (κ2) is 9.64. The monoisotopic (exact) mass is 607 g/mol. The third kappa shape index (κ3) is 3.85. The van der Waals surface area contributed by atoms with Crippen molar-refractivity contribution in [3.05, 3.63) is 152 Å². The molecule has 0 amide bonds. The van der Waals surface area contributed by atoms with Gasteiger partial charge in [-0.25, -0.2) is 0 Å². The van der Waals surface area contributed by atoms with Gasteiger partial charge in [0.2, 0.25) is 0 Å². The molecule has 0 aliphatic rings. The van der Waals surface area contributed by atoms with E-state index in [1.165, 1.54) is 90.1 Å². The fourth-order valence-electron chi connectivity index (χ4n) is 7.05. The Morgan fingerprint density at radius 1 is 0.311 bits per heavy atom. The number of rotatable bonds is 3. The molecular weight excluding hydrogens is 583 g/mol. The molecular formula is C42H25NS2. The Hall–Kier alpha value is -5.22. The van der Waals surface area contributed by atoms with Crippen molar-refractivity contribution in [2.24, 2.45) is 0 Å². The molecule has 0 bridgehead atoms. The number of thiophene rings is 2. The molecule has 210 valence electrons. The van der Waals surface area contributed by atoms with Crippen molar-refractivity contribution in [2.75, 3.05) is 0 Å².